The molecule has 1 fully saturated rings. The van der Waals surface area contributed by atoms with E-state index >= 15 is 0 Å². The molecule has 4 unspecified atom stereocenters. The van der Waals surface area contributed by atoms with E-state index < -0.39 is 12.2 Å². The summed E-state index contributed by atoms with van der Waals surface area (Å²) < 4.78 is 26.6. The molecule has 5 aromatic carbocycles. The highest BCUT2D eigenvalue weighted by atomic mass is 16.5. The summed E-state index contributed by atoms with van der Waals surface area (Å²) in [6.45, 7) is 4.37. The van der Waals surface area contributed by atoms with E-state index in [0.29, 0.717) is 41.9 Å². The maximum Gasteiger partial charge on any atom is 0.335 e. The van der Waals surface area contributed by atoms with Crippen molar-refractivity contribution in [2.45, 2.75) is 76.7 Å². The number of nitrogens with zero attached hydrogens (tertiary/aromatic N) is 2. The minimum atomic E-state index is -0.824. The molecule has 5 heterocycles. The van der Waals surface area contributed by atoms with Crippen LogP contribution in [0.4, 0.5) is 5.82 Å². The minimum Gasteiger partial charge on any atom is -0.508 e. The first-order chi connectivity index (χ1) is 33.7. The van der Waals surface area contributed by atoms with Gasteiger partial charge in [0.1, 0.15) is 24.0 Å². The van der Waals surface area contributed by atoms with Gasteiger partial charge in [0.25, 0.3) is 0 Å². The van der Waals surface area contributed by atoms with Gasteiger partial charge in [0.2, 0.25) is 5.75 Å². The number of aliphatic hydroxyl groups excluding tert-OH is 3. The Morgan fingerprint density at radius 3 is 2.54 bits per heavy atom. The normalized spacial score (nSPS) is 18.8. The zero-order valence-corrected chi connectivity index (χ0v) is 39.4. The van der Waals surface area contributed by atoms with Crippen LogP contribution in [-0.2, 0) is 38.7 Å². The number of piperazine rings is 1. The third-order valence-electron chi connectivity index (χ3n) is 13.6. The molecule has 1 aromatic heterocycles. The van der Waals surface area contributed by atoms with Crippen LogP contribution in [-0.4, -0.2) is 89.7 Å². The van der Waals surface area contributed by atoms with Gasteiger partial charge in [-0.25, -0.2) is 0 Å². The van der Waals surface area contributed by atoms with Crippen LogP contribution in [0, 0.1) is 5.92 Å². The summed E-state index contributed by atoms with van der Waals surface area (Å²) in [6, 6.07) is 33.7. The van der Waals surface area contributed by atoms with Crippen molar-refractivity contribution in [2.24, 2.45) is 5.92 Å². The van der Waals surface area contributed by atoms with E-state index in [4.69, 9.17) is 23.9 Å². The van der Waals surface area contributed by atoms with Crippen LogP contribution in [0.3, 0.4) is 0 Å². The van der Waals surface area contributed by atoms with Crippen molar-refractivity contribution in [3.63, 3.8) is 0 Å². The Bertz CT molecular complexity index is 2750. The molecule has 4 atom stereocenters. The van der Waals surface area contributed by atoms with Crippen molar-refractivity contribution in [2.75, 3.05) is 51.5 Å². The van der Waals surface area contributed by atoms with Crippen LogP contribution in [0.5, 0.6) is 28.7 Å². The predicted octanol–water partition coefficient (Wildman–Crippen LogP) is 7.69. The number of aromatic hydroxyl groups is 1. The first-order valence-corrected chi connectivity index (χ1v) is 24.2. The van der Waals surface area contributed by atoms with Crippen LogP contribution in [0.15, 0.2) is 109 Å². The number of nitrogens with one attached hydrogen (secondary N) is 1. The highest BCUT2D eigenvalue weighted by Gasteiger charge is 2.41. The van der Waals surface area contributed by atoms with E-state index in [9.17, 15) is 25.2 Å². The minimum absolute atomic E-state index is 0.0331. The van der Waals surface area contributed by atoms with Crippen molar-refractivity contribution >= 4 is 17.7 Å². The maximum absolute atomic E-state index is 12.2. The van der Waals surface area contributed by atoms with E-state index in [1.54, 1.807) is 30.3 Å². The number of aromatic nitrogens is 1. The molecule has 4 aliphatic rings. The number of phenols is 1. The molecule has 10 rings (SSSR count). The van der Waals surface area contributed by atoms with Crippen LogP contribution in [0.25, 0.3) is 17.2 Å². The molecule has 0 radical (unpaired) electrons. The van der Waals surface area contributed by atoms with E-state index in [2.05, 4.69) is 65.7 Å². The lowest BCUT2D eigenvalue weighted by atomic mass is 9.90. The van der Waals surface area contributed by atoms with Gasteiger partial charge in [-0.3, -0.25) is 4.79 Å². The Morgan fingerprint density at radius 1 is 0.913 bits per heavy atom. The molecule has 4 aliphatic heterocycles. The van der Waals surface area contributed by atoms with E-state index in [-0.39, 0.29) is 74.3 Å². The molecular weight excluding hydrogens is 871 g/mol. The van der Waals surface area contributed by atoms with Gasteiger partial charge < -0.3 is 54.6 Å². The Kier molecular flexibility index (Phi) is 15.0. The average Bonchev–Trinajstić information content (AvgIpc) is 3.82. The number of anilines is 1. The molecule has 4 bridgehead atoms. The molecular formula is C57H63N3O9. The van der Waals surface area contributed by atoms with Crippen LogP contribution >= 0.6 is 0 Å². The fraction of sp³-hybridized carbons (Fsp3) is 0.351. The fourth-order valence-corrected chi connectivity index (χ4v) is 9.88. The van der Waals surface area contributed by atoms with Gasteiger partial charge in [0.15, 0.2) is 17.1 Å². The topological polar surface area (TPSA) is 169 Å². The fourth-order valence-electron chi connectivity index (χ4n) is 9.88. The summed E-state index contributed by atoms with van der Waals surface area (Å²) in [5.74, 6) is 1.95. The molecule has 1 saturated heterocycles. The van der Waals surface area contributed by atoms with Crippen molar-refractivity contribution < 1.29 is 44.2 Å². The Labute approximate surface area is 404 Å². The lowest BCUT2D eigenvalue weighted by molar-refractivity contribution is 0.152. The lowest BCUT2D eigenvalue weighted by Gasteiger charge is -2.45. The highest BCUT2D eigenvalue weighted by molar-refractivity contribution is 6.05. The molecule has 360 valence electrons. The molecule has 0 amide bonds. The van der Waals surface area contributed by atoms with Gasteiger partial charge in [-0.2, -0.15) is 0 Å². The standard InChI is InChI=1S/C57H62N3O9/c1-3-44-30-49-42-11-7-10-37(26-42)14-21-48-53-52(50(65)31-51(69-53)40-16-19-46(63)20-17-40)55(67-25-22-47(64)18-13-36-8-5-4-6-9-36)56(66-2)54(48)68-35-39(33-61)28-41-15-12-38(27-43(41)34-62)29-45-32-58-23-24-60(45)57(49)59-44/h4-13,15-20,26-27,30,39,45,47,51,58,61-64H,3,14,21-25,28-29,31-35H2,1-2H3/q-1/p+1. The van der Waals surface area contributed by atoms with E-state index in [0.717, 1.165) is 88.5 Å². The molecule has 12 nitrogen and oxygen atoms in total. The number of carbonyl (C=O) groups excluding carboxylic acids is 1. The van der Waals surface area contributed by atoms with Crippen molar-refractivity contribution in [1.82, 2.24) is 10.3 Å². The zero-order valence-electron chi connectivity index (χ0n) is 39.4. The van der Waals surface area contributed by atoms with Gasteiger partial charge in [0.05, 0.1) is 33.0 Å². The summed E-state index contributed by atoms with van der Waals surface area (Å²) in [7, 11) is 1.54. The van der Waals surface area contributed by atoms with Crippen LogP contribution < -0.4 is 34.1 Å². The highest BCUT2D eigenvalue weighted by Crippen LogP contribution is 2.53. The Morgan fingerprint density at radius 2 is 1.75 bits per heavy atom. The molecule has 0 spiro atoms. The summed E-state index contributed by atoms with van der Waals surface area (Å²) in [4.78, 5) is 19.9. The number of hydrogen-bond acceptors (Lipinski definition) is 10. The number of ketones is 1. The SMILES string of the molecule is CCc1cc2c([n-]1)N1CCNCC1Cc1ccc(c(CO)c1)CC(CO)COc1c(c3c(c(OCCC(O)C=Cc4ccccc4)c1OC)C(=[OH+])CC(c1ccc(O)cc1)O3)CCc1cccc-2c1. The third kappa shape index (κ3) is 10.7. The number of ether oxygens (including phenoxy) is 4. The maximum atomic E-state index is 12.2. The number of benzene rings is 5. The Hall–Kier alpha value is -6.57. The number of fused-ring (bicyclic) bond motifs is 7. The second-order valence-corrected chi connectivity index (χ2v) is 18.3. The lowest BCUT2D eigenvalue weighted by Crippen LogP contribution is -2.52. The Balaban J connectivity index is 1.16. The molecule has 12 heteroatoms. The number of methoxy groups -OCH3 is 1. The second kappa shape index (κ2) is 21.8. The average molecular weight is 934 g/mol. The smallest absolute Gasteiger partial charge is 0.335 e. The third-order valence-corrected chi connectivity index (χ3v) is 13.6. The monoisotopic (exact) mass is 933 g/mol. The molecule has 6 aromatic rings. The van der Waals surface area contributed by atoms with Gasteiger partial charge in [-0.15, -0.1) is 0 Å². The predicted molar refractivity (Wildman–Crippen MR) is 269 cm³/mol. The number of phenolic OH excluding ortho intramolecular Hbond substituents is 1. The van der Waals surface area contributed by atoms with Gasteiger partial charge in [-0.05, 0) is 114 Å². The number of rotatable bonds is 11. The molecule has 0 saturated carbocycles. The van der Waals surface area contributed by atoms with Gasteiger partial charge in [-0.1, -0.05) is 122 Å². The van der Waals surface area contributed by atoms with E-state index in [1.807, 2.05) is 36.4 Å². The molecule has 6 N–H and O–H groups in total. The molecule has 69 heavy (non-hydrogen) atoms. The summed E-state index contributed by atoms with van der Waals surface area (Å²) >= 11 is 0. The van der Waals surface area contributed by atoms with Crippen molar-refractivity contribution in [1.29, 1.82) is 0 Å². The number of hydrogen-bond donors (Lipinski definition) is 5. The summed E-state index contributed by atoms with van der Waals surface area (Å²) in [5.41, 5.74) is 9.80. The van der Waals surface area contributed by atoms with Crippen LogP contribution in [0.1, 0.15) is 76.1 Å². The van der Waals surface area contributed by atoms with Gasteiger partial charge in [0, 0.05) is 24.5 Å². The van der Waals surface area contributed by atoms with Gasteiger partial charge >= 0.3 is 5.78 Å². The summed E-state index contributed by atoms with van der Waals surface area (Å²) in [6.07, 6.45) is 5.47. The van der Waals surface area contributed by atoms with Crippen LogP contribution in [0.2, 0.25) is 0 Å². The second-order valence-electron chi connectivity index (χ2n) is 18.3. The largest absolute Gasteiger partial charge is 0.508 e. The van der Waals surface area contributed by atoms with Crippen molar-refractivity contribution in [3.05, 3.63) is 159 Å². The molecule has 0 aliphatic carbocycles. The number of aliphatic hydroxyl groups is 3. The summed E-state index contributed by atoms with van der Waals surface area (Å²) in [5, 5.41) is 46.5. The quantitative estimate of drug-likeness (QED) is 0.0809. The van der Waals surface area contributed by atoms with Crippen molar-refractivity contribution in [3.8, 4) is 39.9 Å². The first kappa shape index (κ1) is 47.5. The zero-order chi connectivity index (χ0) is 47.9. The van der Waals surface area contributed by atoms with E-state index in [1.165, 1.54) is 7.11 Å². The number of aryl methyl sites for hydroxylation is 2. The first-order valence-electron chi connectivity index (χ1n) is 24.2.